The first-order chi connectivity index (χ1) is 15.6. The molecule has 4 heterocycles. The van der Waals surface area contributed by atoms with E-state index in [4.69, 9.17) is 11.6 Å². The van der Waals surface area contributed by atoms with Crippen molar-refractivity contribution in [2.24, 2.45) is 0 Å². The van der Waals surface area contributed by atoms with E-state index in [-0.39, 0.29) is 19.3 Å². The Bertz CT molecular complexity index is 958. The lowest BCUT2D eigenvalue weighted by Crippen LogP contribution is -2.51. The predicted octanol–water partition coefficient (Wildman–Crippen LogP) is 4.60. The Hall–Kier alpha value is -1.83. The third kappa shape index (κ3) is 5.15. The van der Waals surface area contributed by atoms with Crippen LogP contribution in [-0.4, -0.2) is 71.5 Å². The van der Waals surface area contributed by atoms with E-state index in [1.807, 2.05) is 40.9 Å². The highest BCUT2D eigenvalue weighted by atomic mass is 35.5. The number of carbonyl (C=O) groups excluding carboxylic acids is 1. The average Bonchev–Trinajstić information content (AvgIpc) is 3.48. The summed E-state index contributed by atoms with van der Waals surface area (Å²) >= 11 is 8.04. The van der Waals surface area contributed by atoms with Crippen molar-refractivity contribution in [2.45, 2.75) is 44.1 Å². The van der Waals surface area contributed by atoms with Crippen molar-refractivity contribution in [3.63, 3.8) is 0 Å². The number of nitrogens with zero attached hydrogens (tertiary/aromatic N) is 5. The Labute approximate surface area is 206 Å². The lowest BCUT2D eigenvalue weighted by atomic mass is 9.96. The first kappa shape index (κ1) is 24.3. The molecule has 1 aromatic carbocycles. The summed E-state index contributed by atoms with van der Waals surface area (Å²) in [5, 5.41) is 1.13. The number of benzene rings is 1. The lowest BCUT2D eigenvalue weighted by Gasteiger charge is -2.38. The molecule has 5 rings (SSSR count). The van der Waals surface area contributed by atoms with Crippen LogP contribution < -0.4 is 4.90 Å². The highest BCUT2D eigenvalue weighted by Gasteiger charge is 2.33. The molecule has 1 amide bonds. The normalized spacial score (nSPS) is 21.6. The maximum absolute atomic E-state index is 13.7. The number of thioether (sulfide) groups is 1. The Kier molecular flexibility index (Phi) is 7.82. The van der Waals surface area contributed by atoms with E-state index in [2.05, 4.69) is 26.7 Å². The topological polar surface area (TPSA) is 52.6 Å². The number of hydrogen-bond acceptors (Lipinski definition) is 6. The standard InChI is InChI=1S/C24H30ClN5OS.CH4/c1-17-22-21(15-32-17)26-16-27-23(22)29-10-12-30(13-11-29)24(31)20(14-28-8-2-3-9-28)18-4-6-19(25)7-5-18;/h4-7,16-17,20H,2-3,8-15H2,1H3;1H4/t17-,20?;/m0./s1. The van der Waals surface area contributed by atoms with Crippen LogP contribution in [0.3, 0.4) is 0 Å². The van der Waals surface area contributed by atoms with Crippen molar-refractivity contribution in [3.05, 3.63) is 52.4 Å². The van der Waals surface area contributed by atoms with Gasteiger partial charge in [0.05, 0.1) is 11.6 Å². The number of rotatable bonds is 5. The fourth-order valence-corrected chi connectivity index (χ4v) is 6.27. The van der Waals surface area contributed by atoms with Gasteiger partial charge < -0.3 is 14.7 Å². The van der Waals surface area contributed by atoms with Gasteiger partial charge in [-0.3, -0.25) is 4.79 Å². The summed E-state index contributed by atoms with van der Waals surface area (Å²) in [6.07, 6.45) is 4.14. The molecular formula is C25H34ClN5OS. The third-order valence-electron chi connectivity index (χ3n) is 6.92. The minimum absolute atomic E-state index is 0. The third-order valence-corrected chi connectivity index (χ3v) is 8.35. The summed E-state index contributed by atoms with van der Waals surface area (Å²) < 4.78 is 0. The summed E-state index contributed by atoms with van der Waals surface area (Å²) in [5.41, 5.74) is 3.51. The predicted molar refractivity (Wildman–Crippen MR) is 137 cm³/mol. The van der Waals surface area contributed by atoms with Crippen LogP contribution in [0, 0.1) is 0 Å². The molecule has 0 saturated carbocycles. The SMILES string of the molecule is C.C[C@@H]1SCc2ncnc(N3CCN(C(=O)C(CN4CCCC4)c4ccc(Cl)cc4)CC3)c21. The van der Waals surface area contributed by atoms with Crippen LogP contribution in [-0.2, 0) is 10.5 Å². The molecular weight excluding hydrogens is 454 g/mol. The number of carbonyl (C=O) groups is 1. The van der Waals surface area contributed by atoms with Gasteiger partial charge in [-0.05, 0) is 50.6 Å². The molecule has 178 valence electrons. The molecule has 33 heavy (non-hydrogen) atoms. The molecule has 1 unspecified atom stereocenters. The largest absolute Gasteiger partial charge is 0.353 e. The van der Waals surface area contributed by atoms with Gasteiger partial charge in [0, 0.05) is 54.3 Å². The molecule has 2 atom stereocenters. The molecule has 3 aliphatic heterocycles. The van der Waals surface area contributed by atoms with E-state index in [1.165, 1.54) is 24.1 Å². The molecule has 1 aromatic heterocycles. The number of likely N-dealkylation sites (tertiary alicyclic amines) is 1. The first-order valence-electron chi connectivity index (χ1n) is 11.6. The average molecular weight is 488 g/mol. The van der Waals surface area contributed by atoms with Crippen molar-refractivity contribution in [3.8, 4) is 0 Å². The summed E-state index contributed by atoms with van der Waals surface area (Å²) in [7, 11) is 0. The van der Waals surface area contributed by atoms with Crippen LogP contribution >= 0.6 is 23.4 Å². The van der Waals surface area contributed by atoms with Crippen molar-refractivity contribution in [1.82, 2.24) is 19.8 Å². The molecule has 0 aliphatic carbocycles. The van der Waals surface area contributed by atoms with Crippen LogP contribution in [0.5, 0.6) is 0 Å². The second kappa shape index (κ2) is 10.6. The fraction of sp³-hybridized carbons (Fsp3) is 0.560. The second-order valence-electron chi connectivity index (χ2n) is 8.94. The van der Waals surface area contributed by atoms with Crippen molar-refractivity contribution >= 4 is 35.1 Å². The Morgan fingerprint density at radius 2 is 1.79 bits per heavy atom. The van der Waals surface area contributed by atoms with Crippen LogP contribution in [0.4, 0.5) is 5.82 Å². The van der Waals surface area contributed by atoms with Gasteiger partial charge in [0.1, 0.15) is 12.1 Å². The number of anilines is 1. The quantitative estimate of drug-likeness (QED) is 0.614. The molecule has 6 nitrogen and oxygen atoms in total. The maximum Gasteiger partial charge on any atom is 0.231 e. The van der Waals surface area contributed by atoms with Crippen molar-refractivity contribution < 1.29 is 4.79 Å². The number of piperazine rings is 1. The van der Waals surface area contributed by atoms with E-state index in [1.54, 1.807) is 6.33 Å². The van der Waals surface area contributed by atoms with Crippen molar-refractivity contribution in [2.75, 3.05) is 50.7 Å². The van der Waals surface area contributed by atoms with E-state index >= 15 is 0 Å². The zero-order chi connectivity index (χ0) is 22.1. The van der Waals surface area contributed by atoms with Gasteiger partial charge in [-0.2, -0.15) is 0 Å². The number of amides is 1. The number of aromatic nitrogens is 2. The zero-order valence-corrected chi connectivity index (χ0v) is 20.1. The van der Waals surface area contributed by atoms with Crippen molar-refractivity contribution in [1.29, 1.82) is 0 Å². The Morgan fingerprint density at radius 1 is 1.09 bits per heavy atom. The molecule has 0 radical (unpaired) electrons. The molecule has 3 aliphatic rings. The molecule has 2 saturated heterocycles. The van der Waals surface area contributed by atoms with E-state index in [0.717, 1.165) is 62.9 Å². The minimum atomic E-state index is -0.142. The molecule has 8 heteroatoms. The highest BCUT2D eigenvalue weighted by molar-refractivity contribution is 7.99. The monoisotopic (exact) mass is 487 g/mol. The first-order valence-corrected chi connectivity index (χ1v) is 13.0. The molecule has 2 fully saturated rings. The van der Waals surface area contributed by atoms with Gasteiger partial charge in [0.15, 0.2) is 0 Å². The van der Waals surface area contributed by atoms with Gasteiger partial charge in [-0.15, -0.1) is 11.8 Å². The summed E-state index contributed by atoms with van der Waals surface area (Å²) in [4.78, 5) is 29.6. The van der Waals surface area contributed by atoms with Gasteiger partial charge >= 0.3 is 0 Å². The van der Waals surface area contributed by atoms with E-state index in [0.29, 0.717) is 10.3 Å². The second-order valence-corrected chi connectivity index (χ2v) is 10.7. The number of hydrogen-bond donors (Lipinski definition) is 0. The van der Waals surface area contributed by atoms with E-state index in [9.17, 15) is 4.79 Å². The summed E-state index contributed by atoms with van der Waals surface area (Å²) in [6, 6.07) is 7.82. The Morgan fingerprint density at radius 3 is 2.48 bits per heavy atom. The molecule has 2 aromatic rings. The zero-order valence-electron chi connectivity index (χ0n) is 18.5. The summed E-state index contributed by atoms with van der Waals surface area (Å²) in [6.45, 7) is 8.26. The fourth-order valence-electron chi connectivity index (χ4n) is 5.10. The van der Waals surface area contributed by atoms with Crippen LogP contribution in [0.25, 0.3) is 0 Å². The molecule has 0 N–H and O–H groups in total. The van der Waals surface area contributed by atoms with Gasteiger partial charge in [0.25, 0.3) is 0 Å². The highest BCUT2D eigenvalue weighted by Crippen LogP contribution is 2.44. The maximum atomic E-state index is 13.7. The van der Waals surface area contributed by atoms with Crippen LogP contribution in [0.15, 0.2) is 30.6 Å². The van der Waals surface area contributed by atoms with Gasteiger partial charge in [-0.1, -0.05) is 31.2 Å². The minimum Gasteiger partial charge on any atom is -0.353 e. The summed E-state index contributed by atoms with van der Waals surface area (Å²) in [5.74, 6) is 2.11. The molecule has 0 bridgehead atoms. The van der Waals surface area contributed by atoms with Crippen LogP contribution in [0.1, 0.15) is 55.2 Å². The smallest absolute Gasteiger partial charge is 0.231 e. The number of fused-ring (bicyclic) bond motifs is 1. The molecule has 0 spiro atoms. The van der Waals surface area contributed by atoms with Gasteiger partial charge in [-0.25, -0.2) is 9.97 Å². The lowest BCUT2D eigenvalue weighted by molar-refractivity contribution is -0.133. The van der Waals surface area contributed by atoms with E-state index < -0.39 is 0 Å². The van der Waals surface area contributed by atoms with Crippen LogP contribution in [0.2, 0.25) is 5.02 Å². The Balaban J connectivity index is 0.00000259. The number of halogens is 1. The van der Waals surface area contributed by atoms with Gasteiger partial charge in [0.2, 0.25) is 5.91 Å².